The predicted octanol–water partition coefficient (Wildman–Crippen LogP) is 1.41. The molecule has 0 heterocycles. The van der Waals surface area contributed by atoms with Crippen molar-refractivity contribution in [1.29, 1.82) is 0 Å². The number of halogens is 1. The Morgan fingerprint density at radius 3 is 2.91 bits per heavy atom. The van der Waals surface area contributed by atoms with Gasteiger partial charge in [0.2, 0.25) is 0 Å². The Kier molecular flexibility index (Phi) is 2.21. The van der Waals surface area contributed by atoms with Gasteiger partial charge in [0, 0.05) is 6.07 Å². The van der Waals surface area contributed by atoms with E-state index >= 15 is 0 Å². The third kappa shape index (κ3) is 1.77. The fourth-order valence-corrected chi connectivity index (χ4v) is 0.670. The fraction of sp³-hybridized carbons (Fsp3) is 0.125. The molecule has 0 fully saturated rings. The van der Waals surface area contributed by atoms with Crippen molar-refractivity contribution >= 4 is 5.97 Å². The van der Waals surface area contributed by atoms with E-state index in [1.54, 1.807) is 0 Å². The number of ether oxygens (including phenoxy) is 1. The molecule has 1 aromatic rings. The van der Waals surface area contributed by atoms with E-state index in [2.05, 4.69) is 10.8 Å². The van der Waals surface area contributed by atoms with Crippen LogP contribution in [0.25, 0.3) is 0 Å². The van der Waals surface area contributed by atoms with Crippen molar-refractivity contribution < 1.29 is 13.9 Å². The monoisotopic (exact) mass is 153 g/mol. The molecule has 0 atom stereocenters. The number of carbonyl (C=O) groups excluding carboxylic acids is 1. The van der Waals surface area contributed by atoms with E-state index in [4.69, 9.17) is 0 Å². The van der Waals surface area contributed by atoms with Crippen molar-refractivity contribution in [3.63, 3.8) is 0 Å². The van der Waals surface area contributed by atoms with Crippen molar-refractivity contribution in [1.82, 2.24) is 0 Å². The van der Waals surface area contributed by atoms with Crippen LogP contribution in [0.4, 0.5) is 4.39 Å². The zero-order chi connectivity index (χ0) is 8.27. The third-order valence-corrected chi connectivity index (χ3v) is 1.16. The quantitative estimate of drug-likeness (QED) is 0.570. The molecular formula is C8H6FO2. The van der Waals surface area contributed by atoms with E-state index in [-0.39, 0.29) is 5.56 Å². The van der Waals surface area contributed by atoms with Gasteiger partial charge in [-0.3, -0.25) is 0 Å². The lowest BCUT2D eigenvalue weighted by Crippen LogP contribution is -2.01. The first-order valence-electron chi connectivity index (χ1n) is 3.00. The van der Waals surface area contributed by atoms with Gasteiger partial charge in [-0.05, 0) is 12.1 Å². The molecule has 0 aromatic heterocycles. The van der Waals surface area contributed by atoms with Gasteiger partial charge < -0.3 is 4.74 Å². The minimum absolute atomic E-state index is 0.104. The molecule has 1 aromatic carbocycles. The van der Waals surface area contributed by atoms with Gasteiger partial charge in [0.25, 0.3) is 0 Å². The molecule has 0 saturated heterocycles. The number of hydrogen-bond donors (Lipinski definition) is 0. The molecule has 1 rings (SSSR count). The summed E-state index contributed by atoms with van der Waals surface area (Å²) in [5.41, 5.74) is 0.104. The van der Waals surface area contributed by atoms with Gasteiger partial charge in [-0.15, -0.1) is 0 Å². The Labute approximate surface area is 63.6 Å². The topological polar surface area (TPSA) is 26.3 Å². The summed E-state index contributed by atoms with van der Waals surface area (Å²) in [5.74, 6) is -1.14. The molecule has 0 aliphatic heterocycles. The van der Waals surface area contributed by atoms with Gasteiger partial charge in [-0.2, -0.15) is 0 Å². The van der Waals surface area contributed by atoms with E-state index in [0.717, 1.165) is 0 Å². The van der Waals surface area contributed by atoms with Crippen LogP contribution in [0.15, 0.2) is 18.2 Å². The summed E-state index contributed by atoms with van der Waals surface area (Å²) in [7, 11) is 1.24. The van der Waals surface area contributed by atoms with E-state index in [9.17, 15) is 9.18 Å². The molecule has 0 N–H and O–H groups in total. The Morgan fingerprint density at radius 2 is 2.36 bits per heavy atom. The second-order valence-corrected chi connectivity index (χ2v) is 1.90. The molecule has 0 bridgehead atoms. The average Bonchev–Trinajstić information content (AvgIpc) is 2.03. The van der Waals surface area contributed by atoms with Crippen LogP contribution in [0.3, 0.4) is 0 Å². The number of esters is 1. The van der Waals surface area contributed by atoms with Gasteiger partial charge in [0.15, 0.2) is 0 Å². The van der Waals surface area contributed by atoms with Crippen LogP contribution in [0, 0.1) is 11.9 Å². The summed E-state index contributed by atoms with van der Waals surface area (Å²) < 4.78 is 16.8. The molecule has 3 heteroatoms. The molecule has 1 radical (unpaired) electrons. The van der Waals surface area contributed by atoms with Crippen LogP contribution in [0.2, 0.25) is 0 Å². The predicted molar refractivity (Wildman–Crippen MR) is 36.6 cm³/mol. The molecule has 0 aliphatic rings. The second kappa shape index (κ2) is 3.14. The summed E-state index contributed by atoms with van der Waals surface area (Å²) in [5, 5.41) is 0. The molecule has 0 aliphatic carbocycles. The van der Waals surface area contributed by atoms with Gasteiger partial charge in [0.1, 0.15) is 5.82 Å². The van der Waals surface area contributed by atoms with E-state index < -0.39 is 11.8 Å². The zero-order valence-corrected chi connectivity index (χ0v) is 5.93. The number of rotatable bonds is 1. The highest BCUT2D eigenvalue weighted by molar-refractivity contribution is 5.88. The normalized spacial score (nSPS) is 9.27. The Bertz CT molecular complexity index is 271. The maximum atomic E-state index is 12.4. The van der Waals surface area contributed by atoms with Crippen LogP contribution in [-0.4, -0.2) is 13.1 Å². The van der Waals surface area contributed by atoms with Crippen LogP contribution in [0.1, 0.15) is 10.4 Å². The number of methoxy groups -OCH3 is 1. The Balaban J connectivity index is 2.96. The van der Waals surface area contributed by atoms with Crippen molar-refractivity contribution in [3.05, 3.63) is 35.6 Å². The smallest absolute Gasteiger partial charge is 0.338 e. The number of hydrogen-bond acceptors (Lipinski definition) is 2. The summed E-state index contributed by atoms with van der Waals surface area (Å²) in [6.07, 6.45) is 0. The summed E-state index contributed by atoms with van der Waals surface area (Å²) in [4.78, 5) is 10.7. The molecule has 11 heavy (non-hydrogen) atoms. The highest BCUT2D eigenvalue weighted by Crippen LogP contribution is 2.02. The minimum atomic E-state index is -0.579. The largest absolute Gasteiger partial charge is 0.465 e. The second-order valence-electron chi connectivity index (χ2n) is 1.90. The van der Waals surface area contributed by atoms with E-state index in [1.807, 2.05) is 0 Å². The summed E-state index contributed by atoms with van der Waals surface area (Å²) in [6.45, 7) is 0. The maximum Gasteiger partial charge on any atom is 0.338 e. The molecular weight excluding hydrogens is 147 g/mol. The first kappa shape index (κ1) is 7.72. The number of carbonyl (C=O) groups is 1. The molecule has 0 amide bonds. The average molecular weight is 153 g/mol. The first-order chi connectivity index (χ1) is 5.24. The van der Waals surface area contributed by atoms with Gasteiger partial charge in [0.05, 0.1) is 12.7 Å². The maximum absolute atomic E-state index is 12.4. The standard InChI is InChI=1S/C8H6FO2/c1-11-8(10)6-3-2-4-7(9)5-6/h2-4H,1H3. The lowest BCUT2D eigenvalue weighted by molar-refractivity contribution is 0.0600. The molecule has 2 nitrogen and oxygen atoms in total. The van der Waals surface area contributed by atoms with E-state index in [1.165, 1.54) is 25.3 Å². The fourth-order valence-electron chi connectivity index (χ4n) is 0.670. The SMILES string of the molecule is COC(=O)c1[c]c(F)ccc1. The molecule has 0 spiro atoms. The Morgan fingerprint density at radius 1 is 1.64 bits per heavy atom. The molecule has 57 valence electrons. The van der Waals surface area contributed by atoms with Gasteiger partial charge in [-0.25, -0.2) is 9.18 Å². The van der Waals surface area contributed by atoms with Gasteiger partial charge in [-0.1, -0.05) is 6.07 Å². The summed E-state index contributed by atoms with van der Waals surface area (Å²) >= 11 is 0. The van der Waals surface area contributed by atoms with Gasteiger partial charge >= 0.3 is 5.97 Å². The van der Waals surface area contributed by atoms with Crippen molar-refractivity contribution in [2.75, 3.05) is 7.11 Å². The van der Waals surface area contributed by atoms with Crippen molar-refractivity contribution in [3.8, 4) is 0 Å². The highest BCUT2D eigenvalue weighted by Gasteiger charge is 2.04. The Hall–Kier alpha value is -1.38. The first-order valence-corrected chi connectivity index (χ1v) is 3.00. The van der Waals surface area contributed by atoms with Crippen LogP contribution < -0.4 is 0 Å². The summed E-state index contributed by atoms with van der Waals surface area (Å²) in [6, 6.07) is 6.30. The molecule has 0 unspecified atom stereocenters. The lowest BCUT2D eigenvalue weighted by Gasteiger charge is -1.96. The molecule has 0 saturated carbocycles. The van der Waals surface area contributed by atoms with E-state index in [0.29, 0.717) is 0 Å². The van der Waals surface area contributed by atoms with Crippen LogP contribution in [-0.2, 0) is 4.74 Å². The zero-order valence-electron chi connectivity index (χ0n) is 5.93. The third-order valence-electron chi connectivity index (χ3n) is 1.16. The van der Waals surface area contributed by atoms with Crippen molar-refractivity contribution in [2.24, 2.45) is 0 Å². The van der Waals surface area contributed by atoms with Crippen LogP contribution in [0.5, 0.6) is 0 Å². The highest BCUT2D eigenvalue weighted by atomic mass is 19.1. The van der Waals surface area contributed by atoms with Crippen molar-refractivity contribution in [2.45, 2.75) is 0 Å². The lowest BCUT2D eigenvalue weighted by atomic mass is 10.2. The van der Waals surface area contributed by atoms with Crippen LogP contribution >= 0.6 is 0 Å². The minimum Gasteiger partial charge on any atom is -0.465 e. The number of benzene rings is 1.